The van der Waals surface area contributed by atoms with Gasteiger partial charge in [-0.2, -0.15) is 0 Å². The Kier molecular flexibility index (Phi) is 7.25. The Hall–Kier alpha value is -2.86. The molecule has 0 radical (unpaired) electrons. The number of unbranched alkanes of at least 4 members (excludes halogenated alkanes) is 1. The maximum atomic E-state index is 13.0. The van der Waals surface area contributed by atoms with Crippen molar-refractivity contribution in [3.63, 3.8) is 0 Å². The molecular formula is C23H28FN3O2. The molecule has 0 aromatic heterocycles. The molecule has 0 bridgehead atoms. The lowest BCUT2D eigenvalue weighted by Crippen LogP contribution is -2.33. The predicted octanol–water partition coefficient (Wildman–Crippen LogP) is 4.70. The van der Waals surface area contributed by atoms with Gasteiger partial charge in [0.25, 0.3) is 0 Å². The first-order valence-electron chi connectivity index (χ1n) is 9.96. The largest absolute Gasteiger partial charge is 0.494 e. The summed E-state index contributed by atoms with van der Waals surface area (Å²) >= 11 is 0. The van der Waals surface area contributed by atoms with Gasteiger partial charge in [0.2, 0.25) is 0 Å². The quantitative estimate of drug-likeness (QED) is 0.493. The Labute approximate surface area is 171 Å². The normalized spacial score (nSPS) is 12.7. The molecule has 0 spiro atoms. The van der Waals surface area contributed by atoms with Crippen LogP contribution in [0, 0.1) is 5.82 Å². The van der Waals surface area contributed by atoms with E-state index in [1.807, 2.05) is 24.3 Å². The number of urea groups is 1. The number of nitrogens with one attached hydrogen (secondary N) is 1. The van der Waals surface area contributed by atoms with Crippen molar-refractivity contribution in [2.24, 2.45) is 0 Å². The van der Waals surface area contributed by atoms with Crippen LogP contribution < -0.4 is 15.0 Å². The zero-order chi connectivity index (χ0) is 20.6. The highest BCUT2D eigenvalue weighted by molar-refractivity contribution is 6.03. The van der Waals surface area contributed by atoms with E-state index in [2.05, 4.69) is 23.8 Å². The third kappa shape index (κ3) is 5.81. The number of nitrogens with zero attached hydrogens (tertiary/aromatic N) is 2. The van der Waals surface area contributed by atoms with Crippen molar-refractivity contribution in [2.45, 2.75) is 19.3 Å². The third-order valence-corrected chi connectivity index (χ3v) is 4.93. The molecule has 6 heteroatoms. The number of carbonyl (C=O) groups is 1. The third-order valence-electron chi connectivity index (χ3n) is 4.93. The SMILES string of the molecule is C=CCN(C)CCCCOc1ccc2c(c1)CCN2C(=O)Nc1ccc(F)cc1. The van der Waals surface area contributed by atoms with Gasteiger partial charge < -0.3 is 15.0 Å². The number of anilines is 2. The highest BCUT2D eigenvalue weighted by atomic mass is 19.1. The fourth-order valence-corrected chi connectivity index (χ4v) is 3.39. The van der Waals surface area contributed by atoms with E-state index in [9.17, 15) is 9.18 Å². The molecule has 1 aliphatic heterocycles. The molecule has 154 valence electrons. The van der Waals surface area contributed by atoms with Crippen LogP contribution in [0.2, 0.25) is 0 Å². The van der Waals surface area contributed by atoms with E-state index in [1.165, 1.54) is 12.1 Å². The van der Waals surface area contributed by atoms with Gasteiger partial charge in [0.05, 0.1) is 6.61 Å². The lowest BCUT2D eigenvalue weighted by Gasteiger charge is -2.18. The summed E-state index contributed by atoms with van der Waals surface area (Å²) in [6.07, 6.45) is 4.76. The highest BCUT2D eigenvalue weighted by Crippen LogP contribution is 2.32. The second-order valence-electron chi connectivity index (χ2n) is 7.24. The van der Waals surface area contributed by atoms with Crippen LogP contribution in [0.1, 0.15) is 18.4 Å². The molecule has 0 aliphatic carbocycles. The summed E-state index contributed by atoms with van der Waals surface area (Å²) in [6.45, 7) is 6.96. The van der Waals surface area contributed by atoms with Gasteiger partial charge in [-0.1, -0.05) is 6.08 Å². The van der Waals surface area contributed by atoms with Crippen LogP contribution in [0.15, 0.2) is 55.1 Å². The first-order valence-corrected chi connectivity index (χ1v) is 9.96. The number of carbonyl (C=O) groups excluding carboxylic acids is 1. The lowest BCUT2D eigenvalue weighted by molar-refractivity contribution is 0.257. The summed E-state index contributed by atoms with van der Waals surface area (Å²) in [6, 6.07) is 11.4. The zero-order valence-corrected chi connectivity index (χ0v) is 16.9. The average Bonchev–Trinajstić information content (AvgIpc) is 3.13. The Bertz CT molecular complexity index is 839. The number of rotatable bonds is 9. The summed E-state index contributed by atoms with van der Waals surface area (Å²) in [5, 5.41) is 2.81. The number of amides is 2. The fraction of sp³-hybridized carbons (Fsp3) is 0.348. The van der Waals surface area contributed by atoms with E-state index >= 15 is 0 Å². The maximum absolute atomic E-state index is 13.0. The Morgan fingerprint density at radius 2 is 2.07 bits per heavy atom. The van der Waals surface area contributed by atoms with E-state index in [4.69, 9.17) is 4.74 Å². The fourth-order valence-electron chi connectivity index (χ4n) is 3.39. The minimum absolute atomic E-state index is 0.215. The molecule has 0 atom stereocenters. The molecule has 1 heterocycles. The van der Waals surface area contributed by atoms with E-state index < -0.39 is 0 Å². The molecule has 3 rings (SSSR count). The first kappa shape index (κ1) is 20.9. The number of benzene rings is 2. The molecular weight excluding hydrogens is 369 g/mol. The molecule has 2 amide bonds. The Morgan fingerprint density at radius 3 is 2.83 bits per heavy atom. The lowest BCUT2D eigenvalue weighted by atomic mass is 10.1. The van der Waals surface area contributed by atoms with Gasteiger partial charge in [0, 0.05) is 24.5 Å². The molecule has 0 fully saturated rings. The van der Waals surface area contributed by atoms with Crippen LogP contribution in [0.3, 0.4) is 0 Å². The molecule has 1 N–H and O–H groups in total. The monoisotopic (exact) mass is 397 g/mol. The van der Waals surface area contributed by atoms with Crippen LogP contribution in [-0.2, 0) is 6.42 Å². The van der Waals surface area contributed by atoms with Crippen LogP contribution >= 0.6 is 0 Å². The molecule has 1 aliphatic rings. The van der Waals surface area contributed by atoms with Crippen LogP contribution in [-0.4, -0.2) is 44.2 Å². The molecule has 2 aromatic rings. The van der Waals surface area contributed by atoms with Crippen LogP contribution in [0.4, 0.5) is 20.6 Å². The number of hydrogen-bond donors (Lipinski definition) is 1. The van der Waals surface area contributed by atoms with E-state index in [-0.39, 0.29) is 11.8 Å². The van der Waals surface area contributed by atoms with Gasteiger partial charge >= 0.3 is 6.03 Å². The number of likely N-dealkylation sites (N-methyl/N-ethyl adjacent to an activating group) is 1. The van der Waals surface area contributed by atoms with Gasteiger partial charge in [-0.05, 0) is 80.9 Å². The molecule has 0 unspecified atom stereocenters. The number of ether oxygens (including phenoxy) is 1. The second-order valence-corrected chi connectivity index (χ2v) is 7.24. The van der Waals surface area contributed by atoms with Gasteiger partial charge in [0.1, 0.15) is 11.6 Å². The smallest absolute Gasteiger partial charge is 0.326 e. The van der Waals surface area contributed by atoms with Gasteiger partial charge in [-0.25, -0.2) is 9.18 Å². The maximum Gasteiger partial charge on any atom is 0.326 e. The second kappa shape index (κ2) is 10.1. The predicted molar refractivity (Wildman–Crippen MR) is 115 cm³/mol. The number of fused-ring (bicyclic) bond motifs is 1. The first-order chi connectivity index (χ1) is 14.1. The standard InChI is InChI=1S/C23H28FN3O2/c1-3-13-26(2)14-4-5-16-29-21-10-11-22-18(17-21)12-15-27(22)23(28)25-20-8-6-19(24)7-9-20/h3,6-11,17H,1,4-5,12-16H2,2H3,(H,25,28). The van der Waals surface area contributed by atoms with Gasteiger partial charge in [-0.15, -0.1) is 6.58 Å². The topological polar surface area (TPSA) is 44.8 Å². The molecule has 0 saturated heterocycles. The minimum Gasteiger partial charge on any atom is -0.494 e. The summed E-state index contributed by atoms with van der Waals surface area (Å²) in [4.78, 5) is 16.5. The highest BCUT2D eigenvalue weighted by Gasteiger charge is 2.25. The number of halogens is 1. The van der Waals surface area contributed by atoms with E-state index in [0.29, 0.717) is 18.8 Å². The summed E-state index contributed by atoms with van der Waals surface area (Å²) in [5.41, 5.74) is 2.56. The van der Waals surface area contributed by atoms with Crippen molar-refractivity contribution in [2.75, 3.05) is 43.5 Å². The molecule has 5 nitrogen and oxygen atoms in total. The van der Waals surface area contributed by atoms with Crippen LogP contribution in [0.25, 0.3) is 0 Å². The van der Waals surface area contributed by atoms with Crippen molar-refractivity contribution in [1.29, 1.82) is 0 Å². The van der Waals surface area contributed by atoms with Gasteiger partial charge in [0.15, 0.2) is 0 Å². The van der Waals surface area contributed by atoms with Crippen molar-refractivity contribution < 1.29 is 13.9 Å². The van der Waals surface area contributed by atoms with Crippen molar-refractivity contribution >= 4 is 17.4 Å². The minimum atomic E-state index is -0.328. The molecule has 2 aromatic carbocycles. The Balaban J connectivity index is 1.49. The Morgan fingerprint density at radius 1 is 1.28 bits per heavy atom. The van der Waals surface area contributed by atoms with Crippen molar-refractivity contribution in [3.8, 4) is 5.75 Å². The summed E-state index contributed by atoms with van der Waals surface area (Å²) < 4.78 is 18.9. The summed E-state index contributed by atoms with van der Waals surface area (Å²) in [5.74, 6) is 0.509. The van der Waals surface area contributed by atoms with Crippen molar-refractivity contribution in [1.82, 2.24) is 4.90 Å². The van der Waals surface area contributed by atoms with Gasteiger partial charge in [-0.3, -0.25) is 4.90 Å². The van der Waals surface area contributed by atoms with E-state index in [0.717, 1.165) is 49.4 Å². The van der Waals surface area contributed by atoms with Crippen LogP contribution in [0.5, 0.6) is 5.75 Å². The average molecular weight is 397 g/mol. The zero-order valence-electron chi connectivity index (χ0n) is 16.9. The van der Waals surface area contributed by atoms with E-state index in [1.54, 1.807) is 17.0 Å². The number of hydrogen-bond acceptors (Lipinski definition) is 3. The summed E-state index contributed by atoms with van der Waals surface area (Å²) in [7, 11) is 2.08. The van der Waals surface area contributed by atoms with Crippen molar-refractivity contribution in [3.05, 3.63) is 66.5 Å². The molecule has 29 heavy (non-hydrogen) atoms. The molecule has 0 saturated carbocycles.